The molecule has 5 heteroatoms. The van der Waals surface area contributed by atoms with Gasteiger partial charge in [-0.3, -0.25) is 4.90 Å². The molecule has 0 aromatic carbocycles. The molecular formula is C12H22N4O. The first-order valence-corrected chi connectivity index (χ1v) is 6.41. The highest BCUT2D eigenvalue weighted by molar-refractivity contribution is 4.99. The van der Waals surface area contributed by atoms with E-state index in [1.165, 1.54) is 6.42 Å². The fraction of sp³-hybridized carbons (Fsp3) is 0.833. The van der Waals surface area contributed by atoms with E-state index in [-0.39, 0.29) is 6.04 Å². The maximum absolute atomic E-state index is 5.72. The second-order valence-corrected chi connectivity index (χ2v) is 5.22. The van der Waals surface area contributed by atoms with E-state index < -0.39 is 0 Å². The van der Waals surface area contributed by atoms with Crippen LogP contribution in [0.4, 0.5) is 0 Å². The van der Waals surface area contributed by atoms with Gasteiger partial charge in [-0.25, -0.2) is 0 Å². The molecule has 1 aromatic rings. The Morgan fingerprint density at radius 3 is 2.88 bits per heavy atom. The molecule has 17 heavy (non-hydrogen) atoms. The van der Waals surface area contributed by atoms with Crippen LogP contribution in [0.15, 0.2) is 4.52 Å². The Kier molecular flexibility index (Phi) is 3.79. The number of hydrogen-bond donors (Lipinski definition) is 1. The van der Waals surface area contributed by atoms with Crippen LogP contribution < -0.4 is 5.73 Å². The van der Waals surface area contributed by atoms with Gasteiger partial charge in [-0.2, -0.15) is 4.98 Å². The average Bonchev–Trinajstić information content (AvgIpc) is 2.82. The Bertz CT molecular complexity index is 361. The molecule has 2 heterocycles. The largest absolute Gasteiger partial charge is 0.339 e. The van der Waals surface area contributed by atoms with Crippen LogP contribution in [0.1, 0.15) is 51.4 Å². The zero-order valence-corrected chi connectivity index (χ0v) is 10.9. The Balaban J connectivity index is 2.08. The van der Waals surface area contributed by atoms with Gasteiger partial charge in [-0.1, -0.05) is 5.16 Å². The topological polar surface area (TPSA) is 68.2 Å². The number of nitrogens with zero attached hydrogens (tertiary/aromatic N) is 3. The van der Waals surface area contributed by atoms with Crippen LogP contribution in [-0.4, -0.2) is 33.7 Å². The summed E-state index contributed by atoms with van der Waals surface area (Å²) in [6.45, 7) is 7.49. The minimum absolute atomic E-state index is 0.0630. The predicted octanol–water partition coefficient (Wildman–Crippen LogP) is 1.50. The van der Waals surface area contributed by atoms with Crippen molar-refractivity contribution in [3.63, 3.8) is 0 Å². The highest BCUT2D eigenvalue weighted by atomic mass is 16.5. The molecular weight excluding hydrogens is 216 g/mol. The summed E-state index contributed by atoms with van der Waals surface area (Å²) in [5, 5.41) is 4.10. The highest BCUT2D eigenvalue weighted by Gasteiger charge is 2.31. The number of likely N-dealkylation sites (tertiary alicyclic amines) is 1. The molecule has 0 saturated carbocycles. The van der Waals surface area contributed by atoms with Crippen LogP contribution in [0.25, 0.3) is 0 Å². The Hall–Kier alpha value is -0.940. The predicted molar refractivity (Wildman–Crippen MR) is 65.5 cm³/mol. The fourth-order valence-corrected chi connectivity index (χ4v) is 2.45. The van der Waals surface area contributed by atoms with Gasteiger partial charge < -0.3 is 10.3 Å². The van der Waals surface area contributed by atoms with Crippen molar-refractivity contribution in [1.29, 1.82) is 0 Å². The Morgan fingerprint density at radius 2 is 2.24 bits per heavy atom. The molecule has 2 rings (SSSR count). The van der Waals surface area contributed by atoms with Gasteiger partial charge in [0.25, 0.3) is 0 Å². The Labute approximate surface area is 102 Å². The molecule has 1 fully saturated rings. The summed E-state index contributed by atoms with van der Waals surface area (Å²) >= 11 is 0. The van der Waals surface area contributed by atoms with Gasteiger partial charge in [-0.05, 0) is 40.2 Å². The van der Waals surface area contributed by atoms with Crippen molar-refractivity contribution >= 4 is 0 Å². The van der Waals surface area contributed by atoms with Crippen LogP contribution in [0.5, 0.6) is 0 Å². The molecule has 96 valence electrons. The smallest absolute Gasteiger partial charge is 0.228 e. The lowest BCUT2D eigenvalue weighted by molar-refractivity contribution is 0.195. The zero-order valence-electron chi connectivity index (χ0n) is 10.9. The maximum atomic E-state index is 5.72. The van der Waals surface area contributed by atoms with Crippen LogP contribution in [0.2, 0.25) is 0 Å². The van der Waals surface area contributed by atoms with E-state index in [0.717, 1.165) is 18.8 Å². The molecule has 1 aromatic heterocycles. The molecule has 2 N–H and O–H groups in total. The maximum Gasteiger partial charge on any atom is 0.228 e. The van der Waals surface area contributed by atoms with Gasteiger partial charge in [-0.15, -0.1) is 0 Å². The second kappa shape index (κ2) is 5.14. The van der Waals surface area contributed by atoms with E-state index in [1.807, 2.05) is 6.92 Å². The van der Waals surface area contributed by atoms with Crippen molar-refractivity contribution in [3.05, 3.63) is 11.7 Å². The van der Waals surface area contributed by atoms with Crippen LogP contribution >= 0.6 is 0 Å². The van der Waals surface area contributed by atoms with Crippen molar-refractivity contribution in [2.75, 3.05) is 6.54 Å². The normalized spacial score (nSPS) is 23.5. The molecule has 1 saturated heterocycles. The van der Waals surface area contributed by atoms with Gasteiger partial charge in [0.1, 0.15) is 0 Å². The SMILES string of the molecule is CC(N)Cc1nc(C2CCCN2C(C)C)no1. The van der Waals surface area contributed by atoms with E-state index >= 15 is 0 Å². The first kappa shape index (κ1) is 12.5. The summed E-state index contributed by atoms with van der Waals surface area (Å²) in [5.41, 5.74) is 5.72. The summed E-state index contributed by atoms with van der Waals surface area (Å²) < 4.78 is 5.25. The minimum Gasteiger partial charge on any atom is -0.339 e. The Morgan fingerprint density at radius 1 is 1.47 bits per heavy atom. The van der Waals surface area contributed by atoms with Crippen molar-refractivity contribution in [3.8, 4) is 0 Å². The molecule has 0 bridgehead atoms. The number of nitrogens with two attached hydrogens (primary N) is 1. The van der Waals surface area contributed by atoms with E-state index in [2.05, 4.69) is 28.9 Å². The highest BCUT2D eigenvalue weighted by Crippen LogP contribution is 2.31. The van der Waals surface area contributed by atoms with Crippen LogP contribution in [0, 0.1) is 0 Å². The summed E-state index contributed by atoms with van der Waals surface area (Å²) in [7, 11) is 0. The summed E-state index contributed by atoms with van der Waals surface area (Å²) in [6, 6.07) is 0.909. The number of aromatic nitrogens is 2. The van der Waals surface area contributed by atoms with Gasteiger partial charge in [0.15, 0.2) is 5.82 Å². The number of hydrogen-bond acceptors (Lipinski definition) is 5. The monoisotopic (exact) mass is 238 g/mol. The lowest BCUT2D eigenvalue weighted by Gasteiger charge is -2.25. The second-order valence-electron chi connectivity index (χ2n) is 5.22. The first-order chi connectivity index (χ1) is 8.08. The molecule has 0 spiro atoms. The first-order valence-electron chi connectivity index (χ1n) is 6.41. The molecule has 2 unspecified atom stereocenters. The molecule has 0 radical (unpaired) electrons. The summed E-state index contributed by atoms with van der Waals surface area (Å²) in [4.78, 5) is 6.90. The molecule has 0 aliphatic carbocycles. The van der Waals surface area contributed by atoms with Crippen molar-refractivity contribution in [2.45, 2.75) is 58.2 Å². The molecule has 2 atom stereocenters. The third-order valence-electron chi connectivity index (χ3n) is 3.24. The van der Waals surface area contributed by atoms with E-state index in [4.69, 9.17) is 10.3 Å². The van der Waals surface area contributed by atoms with E-state index in [0.29, 0.717) is 24.4 Å². The van der Waals surface area contributed by atoms with E-state index in [1.54, 1.807) is 0 Å². The van der Waals surface area contributed by atoms with Crippen molar-refractivity contribution in [1.82, 2.24) is 15.0 Å². The third kappa shape index (κ3) is 2.84. The van der Waals surface area contributed by atoms with Gasteiger partial charge >= 0.3 is 0 Å². The van der Waals surface area contributed by atoms with E-state index in [9.17, 15) is 0 Å². The zero-order chi connectivity index (χ0) is 12.4. The molecule has 1 aliphatic rings. The fourth-order valence-electron chi connectivity index (χ4n) is 2.45. The molecule has 0 amide bonds. The summed E-state index contributed by atoms with van der Waals surface area (Å²) in [6.07, 6.45) is 2.98. The molecule has 1 aliphatic heterocycles. The van der Waals surface area contributed by atoms with Crippen LogP contribution in [0.3, 0.4) is 0 Å². The van der Waals surface area contributed by atoms with Gasteiger partial charge in [0.05, 0.1) is 6.04 Å². The average molecular weight is 238 g/mol. The lowest BCUT2D eigenvalue weighted by Crippen LogP contribution is -2.30. The van der Waals surface area contributed by atoms with Gasteiger partial charge in [0.2, 0.25) is 5.89 Å². The lowest BCUT2D eigenvalue weighted by atomic mass is 10.2. The molecule has 5 nitrogen and oxygen atoms in total. The third-order valence-corrected chi connectivity index (χ3v) is 3.24. The quantitative estimate of drug-likeness (QED) is 0.861. The number of rotatable bonds is 4. The van der Waals surface area contributed by atoms with Crippen LogP contribution in [-0.2, 0) is 6.42 Å². The van der Waals surface area contributed by atoms with Gasteiger partial charge in [0, 0.05) is 18.5 Å². The minimum atomic E-state index is 0.0630. The van der Waals surface area contributed by atoms with Crippen molar-refractivity contribution < 1.29 is 4.52 Å². The standard InChI is InChI=1S/C12H22N4O/c1-8(2)16-6-4-5-10(16)12-14-11(17-15-12)7-9(3)13/h8-10H,4-7,13H2,1-3H3. The van der Waals surface area contributed by atoms with Crippen molar-refractivity contribution in [2.24, 2.45) is 5.73 Å². The summed E-state index contributed by atoms with van der Waals surface area (Å²) in [5.74, 6) is 1.48.